The summed E-state index contributed by atoms with van der Waals surface area (Å²) in [5.74, 6) is -2.06. The number of rotatable bonds is 8. The third-order valence-corrected chi connectivity index (χ3v) is 3.23. The Morgan fingerprint density at radius 2 is 1.71 bits per heavy atom. The second kappa shape index (κ2) is 8.32. The molecule has 1 amide bonds. The minimum atomic E-state index is -2.06. The van der Waals surface area contributed by atoms with Gasteiger partial charge in [-0.15, -0.1) is 0 Å². The van der Waals surface area contributed by atoms with Crippen molar-refractivity contribution in [1.29, 1.82) is 0 Å². The highest BCUT2D eigenvalue weighted by Gasteiger charge is 2.51. The topological polar surface area (TPSA) is 117 Å². The van der Waals surface area contributed by atoms with Gasteiger partial charge in [0, 0.05) is 6.92 Å². The summed E-state index contributed by atoms with van der Waals surface area (Å²) < 4.78 is 20.1. The van der Waals surface area contributed by atoms with Crippen LogP contribution in [0.15, 0.2) is 4.52 Å². The van der Waals surface area contributed by atoms with Crippen LogP contribution in [0.5, 0.6) is 5.88 Å². The number of carbonyl (C=O) groups excluding carboxylic acids is 3. The van der Waals surface area contributed by atoms with E-state index < -0.39 is 23.4 Å². The number of methoxy groups -OCH3 is 1. The van der Waals surface area contributed by atoms with Crippen LogP contribution in [-0.2, 0) is 30.3 Å². The molecule has 0 unspecified atom stereocenters. The summed E-state index contributed by atoms with van der Waals surface area (Å²) in [4.78, 5) is 36.6. The maximum absolute atomic E-state index is 12.5. The Balaban J connectivity index is 3.36. The van der Waals surface area contributed by atoms with Crippen LogP contribution in [0.4, 0.5) is 0 Å². The molecule has 134 valence electrons. The fourth-order valence-electron chi connectivity index (χ4n) is 2.13. The van der Waals surface area contributed by atoms with Crippen LogP contribution in [-0.4, -0.2) is 48.9 Å². The van der Waals surface area contributed by atoms with Crippen LogP contribution in [0.3, 0.4) is 0 Å². The zero-order valence-electron chi connectivity index (χ0n) is 14.4. The van der Waals surface area contributed by atoms with E-state index in [0.29, 0.717) is 5.56 Å². The van der Waals surface area contributed by atoms with E-state index in [4.69, 9.17) is 18.7 Å². The molecule has 0 atom stereocenters. The Bertz CT molecular complexity index is 591. The second-order valence-corrected chi connectivity index (χ2v) is 4.94. The molecule has 1 rings (SSSR count). The van der Waals surface area contributed by atoms with E-state index in [2.05, 4.69) is 10.5 Å². The van der Waals surface area contributed by atoms with Gasteiger partial charge < -0.3 is 24.1 Å². The fraction of sp³-hybridized carbons (Fsp3) is 0.600. The minimum Gasteiger partial charge on any atom is -0.479 e. The van der Waals surface area contributed by atoms with Gasteiger partial charge in [-0.25, -0.2) is 9.59 Å². The molecule has 9 heteroatoms. The van der Waals surface area contributed by atoms with E-state index in [1.807, 2.05) is 0 Å². The average Bonchev–Trinajstić information content (AvgIpc) is 2.86. The highest BCUT2D eigenvalue weighted by Crippen LogP contribution is 2.26. The van der Waals surface area contributed by atoms with Crippen molar-refractivity contribution in [3.05, 3.63) is 11.3 Å². The van der Waals surface area contributed by atoms with E-state index in [1.54, 1.807) is 20.8 Å². The molecule has 1 aromatic rings. The van der Waals surface area contributed by atoms with Crippen molar-refractivity contribution in [1.82, 2.24) is 10.5 Å². The minimum absolute atomic E-state index is 0.0261. The molecule has 1 aromatic heterocycles. The van der Waals surface area contributed by atoms with Crippen LogP contribution in [0.25, 0.3) is 0 Å². The number of hydrogen-bond donors (Lipinski definition) is 1. The summed E-state index contributed by atoms with van der Waals surface area (Å²) >= 11 is 0. The van der Waals surface area contributed by atoms with Crippen LogP contribution in [0, 0.1) is 6.92 Å². The molecule has 0 aliphatic carbocycles. The summed E-state index contributed by atoms with van der Waals surface area (Å²) in [7, 11) is 1.41. The van der Waals surface area contributed by atoms with Crippen molar-refractivity contribution >= 4 is 17.8 Å². The van der Waals surface area contributed by atoms with Crippen molar-refractivity contribution in [2.24, 2.45) is 0 Å². The third kappa shape index (κ3) is 4.03. The molecule has 9 nitrogen and oxygen atoms in total. The van der Waals surface area contributed by atoms with Gasteiger partial charge in [0.05, 0.1) is 32.3 Å². The first-order valence-corrected chi connectivity index (χ1v) is 7.44. The predicted molar refractivity (Wildman–Crippen MR) is 81.3 cm³/mol. The van der Waals surface area contributed by atoms with Crippen LogP contribution < -0.4 is 10.1 Å². The van der Waals surface area contributed by atoms with Gasteiger partial charge in [-0.1, -0.05) is 0 Å². The number of esters is 2. The fourth-order valence-corrected chi connectivity index (χ4v) is 2.13. The number of nitrogens with zero attached hydrogens (tertiary/aromatic N) is 1. The first kappa shape index (κ1) is 19.5. The Morgan fingerprint density at radius 3 is 2.08 bits per heavy atom. The van der Waals surface area contributed by atoms with E-state index in [1.165, 1.54) is 14.0 Å². The monoisotopic (exact) mass is 342 g/mol. The molecule has 0 spiro atoms. The predicted octanol–water partition coefficient (Wildman–Crippen LogP) is 0.535. The lowest BCUT2D eigenvalue weighted by Gasteiger charge is -2.28. The zero-order chi connectivity index (χ0) is 18.3. The van der Waals surface area contributed by atoms with E-state index >= 15 is 0 Å². The molecule has 0 saturated heterocycles. The van der Waals surface area contributed by atoms with Crippen LogP contribution in [0.1, 0.15) is 32.1 Å². The van der Waals surface area contributed by atoms with E-state index in [9.17, 15) is 14.4 Å². The second-order valence-electron chi connectivity index (χ2n) is 4.94. The third-order valence-electron chi connectivity index (χ3n) is 3.23. The Labute approximate surface area is 139 Å². The normalized spacial score (nSPS) is 10.9. The Kier molecular flexibility index (Phi) is 6.75. The molecule has 0 saturated carbocycles. The van der Waals surface area contributed by atoms with Gasteiger partial charge in [-0.3, -0.25) is 4.79 Å². The quantitative estimate of drug-likeness (QED) is 0.537. The number of carbonyl (C=O) groups is 3. The van der Waals surface area contributed by atoms with Crippen molar-refractivity contribution in [2.75, 3.05) is 20.3 Å². The first-order valence-electron chi connectivity index (χ1n) is 7.44. The number of ether oxygens (including phenoxy) is 3. The molecule has 0 bridgehead atoms. The van der Waals surface area contributed by atoms with Gasteiger partial charge in [-0.2, -0.15) is 0 Å². The lowest BCUT2D eigenvalue weighted by Crippen LogP contribution is -2.62. The van der Waals surface area contributed by atoms with Gasteiger partial charge in [0.15, 0.2) is 0 Å². The van der Waals surface area contributed by atoms with E-state index in [0.717, 1.165) is 0 Å². The Hall–Kier alpha value is -2.58. The summed E-state index contributed by atoms with van der Waals surface area (Å²) in [6, 6.07) is 0. The highest BCUT2D eigenvalue weighted by atomic mass is 16.6. The van der Waals surface area contributed by atoms with Gasteiger partial charge >= 0.3 is 11.9 Å². The molecule has 0 fully saturated rings. The lowest BCUT2D eigenvalue weighted by molar-refractivity contribution is -0.168. The van der Waals surface area contributed by atoms with Gasteiger partial charge in [0.1, 0.15) is 5.76 Å². The number of nitrogens with one attached hydrogen (secondary N) is 1. The molecular weight excluding hydrogens is 320 g/mol. The molecule has 0 aliphatic rings. The number of hydrogen-bond acceptors (Lipinski definition) is 8. The van der Waals surface area contributed by atoms with Crippen molar-refractivity contribution in [2.45, 2.75) is 39.7 Å². The summed E-state index contributed by atoms with van der Waals surface area (Å²) in [5.41, 5.74) is -1.56. The molecule has 24 heavy (non-hydrogen) atoms. The standard InChI is InChI=1S/C15H22N2O7/c1-6-22-13(19)15(16-10(4)18,14(20)23-7-2)8-11-9(3)12(21-5)17-24-11/h6-8H2,1-5H3,(H,16,18). The smallest absolute Gasteiger partial charge is 0.344 e. The van der Waals surface area contributed by atoms with E-state index in [-0.39, 0.29) is 31.3 Å². The Morgan fingerprint density at radius 1 is 1.17 bits per heavy atom. The molecule has 0 aromatic carbocycles. The van der Waals surface area contributed by atoms with Crippen molar-refractivity contribution in [3.8, 4) is 5.88 Å². The first-order chi connectivity index (χ1) is 11.3. The van der Waals surface area contributed by atoms with Crippen molar-refractivity contribution in [3.63, 3.8) is 0 Å². The zero-order valence-corrected chi connectivity index (χ0v) is 14.4. The highest BCUT2D eigenvalue weighted by molar-refractivity contribution is 6.08. The number of aromatic nitrogens is 1. The van der Waals surface area contributed by atoms with Gasteiger partial charge in [0.2, 0.25) is 11.4 Å². The summed E-state index contributed by atoms with van der Waals surface area (Å²) in [5, 5.41) is 6.04. The maximum Gasteiger partial charge on any atom is 0.344 e. The van der Waals surface area contributed by atoms with Gasteiger partial charge in [-0.05, 0) is 25.9 Å². The molecule has 0 radical (unpaired) electrons. The van der Waals surface area contributed by atoms with Crippen molar-refractivity contribution < 1.29 is 33.1 Å². The summed E-state index contributed by atoms with van der Waals surface area (Å²) in [6.45, 7) is 6.06. The lowest BCUT2D eigenvalue weighted by atomic mass is 9.92. The van der Waals surface area contributed by atoms with Crippen LogP contribution >= 0.6 is 0 Å². The number of amides is 1. The molecular formula is C15H22N2O7. The van der Waals surface area contributed by atoms with Crippen LogP contribution in [0.2, 0.25) is 0 Å². The largest absolute Gasteiger partial charge is 0.479 e. The average molecular weight is 342 g/mol. The SMILES string of the molecule is CCOC(=O)C(Cc1onc(OC)c1C)(NC(C)=O)C(=O)OCC. The molecule has 0 aliphatic heterocycles. The summed E-state index contributed by atoms with van der Waals surface area (Å²) in [6.07, 6.45) is -0.313. The molecule has 1 heterocycles. The van der Waals surface area contributed by atoms with Gasteiger partial charge in [0.25, 0.3) is 5.88 Å². The maximum atomic E-state index is 12.5. The molecule has 1 N–H and O–H groups in total.